The van der Waals surface area contributed by atoms with Crippen LogP contribution in [0.2, 0.25) is 0 Å². The molecular formula is C19H24F2N4OS. The van der Waals surface area contributed by atoms with Crippen molar-refractivity contribution in [3.8, 4) is 0 Å². The number of fused-ring (bicyclic) bond motifs is 3. The van der Waals surface area contributed by atoms with Gasteiger partial charge in [0.05, 0.1) is 42.3 Å². The first-order valence-corrected chi connectivity index (χ1v) is 10.7. The second-order valence-electron chi connectivity index (χ2n) is 8.34. The summed E-state index contributed by atoms with van der Waals surface area (Å²) in [5.74, 6) is -2.35. The Bertz CT molecular complexity index is 746. The maximum Gasteiger partial charge on any atom is 0.248 e. The van der Waals surface area contributed by atoms with Gasteiger partial charge in [-0.3, -0.25) is 9.79 Å². The predicted octanol–water partition coefficient (Wildman–Crippen LogP) is 3.62. The Hall–Kier alpha value is -1.57. The third-order valence-electron chi connectivity index (χ3n) is 6.46. The Morgan fingerprint density at radius 2 is 2.04 bits per heavy atom. The summed E-state index contributed by atoms with van der Waals surface area (Å²) in [5, 5.41) is 1.07. The lowest BCUT2D eigenvalue weighted by atomic mass is 9.84. The Labute approximate surface area is 161 Å². The number of carbonyl (C=O) groups is 1. The van der Waals surface area contributed by atoms with Crippen molar-refractivity contribution in [3.63, 3.8) is 0 Å². The summed E-state index contributed by atoms with van der Waals surface area (Å²) in [6.45, 7) is 2.03. The van der Waals surface area contributed by atoms with E-state index in [1.54, 1.807) is 11.3 Å². The Balaban J connectivity index is 1.20. The second kappa shape index (κ2) is 6.50. The van der Waals surface area contributed by atoms with Gasteiger partial charge in [-0.1, -0.05) is 11.3 Å². The van der Waals surface area contributed by atoms with Gasteiger partial charge in [0.2, 0.25) is 11.8 Å². The largest absolute Gasteiger partial charge is 0.335 e. The van der Waals surface area contributed by atoms with Gasteiger partial charge in [-0.2, -0.15) is 0 Å². The van der Waals surface area contributed by atoms with Crippen LogP contribution in [0.15, 0.2) is 4.99 Å². The van der Waals surface area contributed by atoms with Crippen LogP contribution in [0.5, 0.6) is 0 Å². The van der Waals surface area contributed by atoms with E-state index in [2.05, 4.69) is 16.1 Å². The van der Waals surface area contributed by atoms with Crippen LogP contribution in [0.1, 0.15) is 55.5 Å². The number of aliphatic imine (C=N–C) groups is 1. The van der Waals surface area contributed by atoms with Gasteiger partial charge in [0, 0.05) is 25.5 Å². The molecule has 1 aromatic heterocycles. The quantitative estimate of drug-likeness (QED) is 0.787. The molecule has 1 saturated carbocycles. The fraction of sp³-hybridized carbons (Fsp3) is 0.737. The number of aromatic nitrogens is 1. The topological polar surface area (TPSA) is 48.8 Å². The number of carbonyl (C=O) groups excluding carboxylic acids is 1. The number of thiazole rings is 1. The van der Waals surface area contributed by atoms with Crippen LogP contribution in [0, 0.1) is 5.92 Å². The Morgan fingerprint density at radius 3 is 2.78 bits per heavy atom. The molecule has 146 valence electrons. The normalized spacial score (nSPS) is 29.4. The molecule has 4 aliphatic rings. The number of anilines is 1. The number of alkyl halides is 2. The minimum absolute atomic E-state index is 0.0787. The monoisotopic (exact) mass is 394 g/mol. The lowest BCUT2D eigenvalue weighted by molar-refractivity contribution is -0.134. The average Bonchev–Trinajstić information content (AvgIpc) is 3.26. The summed E-state index contributed by atoms with van der Waals surface area (Å²) in [4.78, 5) is 27.4. The zero-order chi connectivity index (χ0) is 18.6. The molecule has 8 heteroatoms. The molecule has 1 aliphatic carbocycles. The summed E-state index contributed by atoms with van der Waals surface area (Å²) in [7, 11) is 0. The number of hydrogen-bond acceptors (Lipinski definition) is 5. The molecule has 5 nitrogen and oxygen atoms in total. The van der Waals surface area contributed by atoms with Crippen LogP contribution < -0.4 is 4.90 Å². The van der Waals surface area contributed by atoms with E-state index in [0.717, 1.165) is 23.8 Å². The molecule has 4 heterocycles. The molecule has 1 aromatic rings. The van der Waals surface area contributed by atoms with Crippen LogP contribution >= 0.6 is 11.3 Å². The molecule has 0 radical (unpaired) electrons. The molecule has 2 bridgehead atoms. The summed E-state index contributed by atoms with van der Waals surface area (Å²) >= 11 is 1.70. The standard InChI is InChI=1S/C19H24F2N4OS/c20-19(21)5-3-12(4-6-19)7-17(26)24-10-15-16(11-24)27-18(23-15)25-13-1-2-14(25)9-22-8-13/h8,12-14H,1-7,9-11H2. The average molecular weight is 394 g/mol. The van der Waals surface area contributed by atoms with Crippen LogP contribution in [0.3, 0.4) is 0 Å². The van der Waals surface area contributed by atoms with Crippen LogP contribution in [0.4, 0.5) is 13.9 Å². The smallest absolute Gasteiger partial charge is 0.248 e. The van der Waals surface area contributed by atoms with Gasteiger partial charge in [-0.15, -0.1) is 0 Å². The fourth-order valence-electron chi connectivity index (χ4n) is 4.83. The lowest BCUT2D eigenvalue weighted by Gasteiger charge is -2.30. The second-order valence-corrected chi connectivity index (χ2v) is 9.40. The lowest BCUT2D eigenvalue weighted by Crippen LogP contribution is -2.41. The minimum atomic E-state index is -2.53. The summed E-state index contributed by atoms with van der Waals surface area (Å²) in [6, 6.07) is 0.839. The van der Waals surface area contributed by atoms with E-state index in [0.29, 0.717) is 44.4 Å². The van der Waals surface area contributed by atoms with Crippen molar-refractivity contribution < 1.29 is 13.6 Å². The predicted molar refractivity (Wildman–Crippen MR) is 101 cm³/mol. The number of rotatable bonds is 3. The molecule has 2 fully saturated rings. The Morgan fingerprint density at radius 1 is 1.22 bits per heavy atom. The maximum absolute atomic E-state index is 13.3. The van der Waals surface area contributed by atoms with E-state index in [1.165, 1.54) is 11.3 Å². The first-order chi connectivity index (χ1) is 13.0. The number of halogens is 2. The molecule has 2 atom stereocenters. The van der Waals surface area contributed by atoms with Gasteiger partial charge >= 0.3 is 0 Å². The van der Waals surface area contributed by atoms with Crippen molar-refractivity contribution in [2.45, 2.75) is 76.0 Å². The van der Waals surface area contributed by atoms with Crippen LogP contribution in [0.25, 0.3) is 0 Å². The van der Waals surface area contributed by atoms with Gasteiger partial charge in [-0.25, -0.2) is 13.8 Å². The SMILES string of the molecule is O=C(CC1CCC(F)(F)CC1)N1Cc2nc(N3C4C=NCC3CC4)sc2C1. The van der Waals surface area contributed by atoms with Crippen molar-refractivity contribution >= 4 is 28.6 Å². The van der Waals surface area contributed by atoms with Crippen molar-refractivity contribution in [1.29, 1.82) is 0 Å². The number of nitrogens with zero attached hydrogens (tertiary/aromatic N) is 4. The van der Waals surface area contributed by atoms with Gasteiger partial charge in [0.15, 0.2) is 5.13 Å². The highest BCUT2D eigenvalue weighted by Gasteiger charge is 2.39. The van der Waals surface area contributed by atoms with Crippen LogP contribution in [-0.2, 0) is 17.9 Å². The van der Waals surface area contributed by atoms with E-state index >= 15 is 0 Å². The highest BCUT2D eigenvalue weighted by atomic mass is 32.1. The van der Waals surface area contributed by atoms with E-state index in [1.807, 2.05) is 4.90 Å². The third-order valence-corrected chi connectivity index (χ3v) is 7.55. The Kier molecular flexibility index (Phi) is 4.22. The van der Waals surface area contributed by atoms with E-state index in [4.69, 9.17) is 4.98 Å². The molecule has 2 unspecified atom stereocenters. The van der Waals surface area contributed by atoms with Crippen molar-refractivity contribution in [1.82, 2.24) is 9.88 Å². The van der Waals surface area contributed by atoms with Gasteiger partial charge in [0.1, 0.15) is 0 Å². The molecule has 3 aliphatic heterocycles. The molecule has 0 N–H and O–H groups in total. The van der Waals surface area contributed by atoms with Crippen LogP contribution in [-0.4, -0.2) is 46.6 Å². The van der Waals surface area contributed by atoms with Crippen molar-refractivity contribution in [2.24, 2.45) is 10.9 Å². The minimum Gasteiger partial charge on any atom is -0.335 e. The third kappa shape index (κ3) is 3.26. The first-order valence-electron chi connectivity index (χ1n) is 9.91. The zero-order valence-corrected chi connectivity index (χ0v) is 16.1. The zero-order valence-electron chi connectivity index (χ0n) is 15.2. The maximum atomic E-state index is 13.3. The first kappa shape index (κ1) is 17.5. The van der Waals surface area contributed by atoms with Crippen molar-refractivity contribution in [2.75, 3.05) is 11.4 Å². The summed E-state index contributed by atoms with van der Waals surface area (Å²) in [5.41, 5.74) is 1.01. The molecule has 0 spiro atoms. The summed E-state index contributed by atoms with van der Waals surface area (Å²) in [6.07, 6.45) is 5.51. The molecule has 0 aromatic carbocycles. The van der Waals surface area contributed by atoms with Gasteiger partial charge in [0.25, 0.3) is 0 Å². The van der Waals surface area contributed by atoms with Gasteiger partial charge < -0.3 is 9.80 Å². The number of hydrogen-bond donors (Lipinski definition) is 0. The molecule has 27 heavy (non-hydrogen) atoms. The van der Waals surface area contributed by atoms with E-state index in [9.17, 15) is 13.6 Å². The fourth-order valence-corrected chi connectivity index (χ4v) is 6.05. The number of amides is 1. The highest BCUT2D eigenvalue weighted by molar-refractivity contribution is 7.15. The molecule has 1 saturated heterocycles. The summed E-state index contributed by atoms with van der Waals surface area (Å²) < 4.78 is 26.6. The molecule has 5 rings (SSSR count). The van der Waals surface area contributed by atoms with Gasteiger partial charge in [-0.05, 0) is 31.6 Å². The molecule has 1 amide bonds. The molecular weight excluding hydrogens is 370 g/mol. The van der Waals surface area contributed by atoms with E-state index < -0.39 is 5.92 Å². The van der Waals surface area contributed by atoms with E-state index in [-0.39, 0.29) is 24.7 Å². The van der Waals surface area contributed by atoms with Crippen molar-refractivity contribution in [3.05, 3.63) is 10.6 Å². The highest BCUT2D eigenvalue weighted by Crippen LogP contribution is 2.40.